The molecule has 1 heterocycles. The molecule has 128 valence electrons. The third kappa shape index (κ3) is 4.87. The van der Waals surface area contributed by atoms with Crippen LogP contribution < -0.4 is 5.73 Å². The van der Waals surface area contributed by atoms with Crippen LogP contribution in [-0.4, -0.2) is 61.1 Å². The minimum absolute atomic E-state index is 0.124. The van der Waals surface area contributed by atoms with Crippen molar-refractivity contribution in [1.29, 1.82) is 0 Å². The number of nitrogens with zero attached hydrogens (tertiary/aromatic N) is 2. The molecule has 1 aliphatic carbocycles. The molecule has 1 aliphatic heterocycles. The number of carbonyl (C=O) groups excluding carboxylic acids is 2. The zero-order valence-corrected chi connectivity index (χ0v) is 13.9. The van der Waals surface area contributed by atoms with Crippen LogP contribution in [0.2, 0.25) is 0 Å². The highest BCUT2D eigenvalue weighted by molar-refractivity contribution is 5.79. The van der Waals surface area contributed by atoms with Crippen molar-refractivity contribution in [2.75, 3.05) is 39.3 Å². The van der Waals surface area contributed by atoms with Gasteiger partial charge in [-0.05, 0) is 45.1 Å². The first-order valence-electron chi connectivity index (χ1n) is 8.45. The first kappa shape index (κ1) is 17.6. The lowest BCUT2D eigenvalue weighted by Crippen LogP contribution is -2.52. The van der Waals surface area contributed by atoms with Crippen molar-refractivity contribution in [3.05, 3.63) is 0 Å². The molecule has 2 amide bonds. The van der Waals surface area contributed by atoms with E-state index in [2.05, 4.69) is 11.8 Å². The van der Waals surface area contributed by atoms with Gasteiger partial charge in [0.15, 0.2) is 6.61 Å². The molecule has 6 nitrogen and oxygen atoms in total. The van der Waals surface area contributed by atoms with Gasteiger partial charge in [-0.25, -0.2) is 4.79 Å². The Balaban J connectivity index is 1.74. The van der Waals surface area contributed by atoms with Crippen LogP contribution in [-0.2, 0) is 9.53 Å². The van der Waals surface area contributed by atoms with Gasteiger partial charge >= 0.3 is 6.09 Å². The van der Waals surface area contributed by atoms with Gasteiger partial charge in [0.25, 0.3) is 0 Å². The van der Waals surface area contributed by atoms with Crippen molar-refractivity contribution in [2.45, 2.75) is 32.6 Å². The average molecular weight is 321 g/mol. The van der Waals surface area contributed by atoms with E-state index in [-0.39, 0.29) is 24.5 Å². The molecule has 1 saturated heterocycles. The van der Waals surface area contributed by atoms with Gasteiger partial charge in [-0.1, -0.05) is 5.92 Å². The van der Waals surface area contributed by atoms with Gasteiger partial charge < -0.3 is 20.3 Å². The lowest BCUT2D eigenvalue weighted by Gasteiger charge is -2.37. The molecule has 23 heavy (non-hydrogen) atoms. The predicted octanol–water partition coefficient (Wildman–Crippen LogP) is 1.06. The first-order chi connectivity index (χ1) is 11.2. The molecule has 0 atom stereocenters. The van der Waals surface area contributed by atoms with Gasteiger partial charge in [-0.3, -0.25) is 4.79 Å². The molecule has 2 rings (SSSR count). The Bertz CT molecular complexity index is 467. The number of nitrogens with two attached hydrogens (primary N) is 1. The SMILES string of the molecule is CC#CCOC(=O)N1CCN(C(=O)C2CCC(CN)CC2)CC1. The number of rotatable bonds is 3. The van der Waals surface area contributed by atoms with E-state index in [0.29, 0.717) is 32.1 Å². The second-order valence-electron chi connectivity index (χ2n) is 6.25. The summed E-state index contributed by atoms with van der Waals surface area (Å²) in [7, 11) is 0. The van der Waals surface area contributed by atoms with E-state index in [1.165, 1.54) is 0 Å². The van der Waals surface area contributed by atoms with Crippen molar-refractivity contribution >= 4 is 12.0 Å². The maximum Gasteiger partial charge on any atom is 0.410 e. The Hall–Kier alpha value is -1.74. The van der Waals surface area contributed by atoms with Crippen LogP contribution in [0.25, 0.3) is 0 Å². The van der Waals surface area contributed by atoms with Crippen LogP contribution >= 0.6 is 0 Å². The predicted molar refractivity (Wildman–Crippen MR) is 87.5 cm³/mol. The van der Waals surface area contributed by atoms with E-state index < -0.39 is 0 Å². The zero-order chi connectivity index (χ0) is 16.7. The number of ether oxygens (including phenoxy) is 1. The maximum absolute atomic E-state index is 12.6. The Kier molecular flexibility index (Phi) is 6.72. The van der Waals surface area contributed by atoms with Gasteiger partial charge in [0, 0.05) is 32.1 Å². The van der Waals surface area contributed by atoms with Crippen LogP contribution in [0.5, 0.6) is 0 Å². The highest BCUT2D eigenvalue weighted by Gasteiger charge is 2.31. The van der Waals surface area contributed by atoms with E-state index in [1.807, 2.05) is 4.90 Å². The molecule has 0 aromatic rings. The molecule has 0 radical (unpaired) electrons. The number of amides is 2. The van der Waals surface area contributed by atoms with E-state index in [4.69, 9.17) is 10.5 Å². The molecule has 2 fully saturated rings. The summed E-state index contributed by atoms with van der Waals surface area (Å²) in [5.74, 6) is 6.35. The minimum atomic E-state index is -0.344. The van der Waals surface area contributed by atoms with Crippen molar-refractivity contribution in [1.82, 2.24) is 9.80 Å². The van der Waals surface area contributed by atoms with Crippen LogP contribution in [0.1, 0.15) is 32.6 Å². The fraction of sp³-hybridized carbons (Fsp3) is 0.765. The topological polar surface area (TPSA) is 75.9 Å². The Morgan fingerprint density at radius 2 is 1.70 bits per heavy atom. The Morgan fingerprint density at radius 1 is 1.09 bits per heavy atom. The van der Waals surface area contributed by atoms with Gasteiger partial charge in [-0.2, -0.15) is 0 Å². The molecule has 0 unspecified atom stereocenters. The Morgan fingerprint density at radius 3 is 2.26 bits per heavy atom. The summed E-state index contributed by atoms with van der Waals surface area (Å²) in [6, 6.07) is 0. The zero-order valence-electron chi connectivity index (χ0n) is 13.9. The summed E-state index contributed by atoms with van der Waals surface area (Å²) in [5.41, 5.74) is 5.70. The van der Waals surface area contributed by atoms with Crippen LogP contribution in [0.4, 0.5) is 4.79 Å². The third-order valence-corrected chi connectivity index (χ3v) is 4.82. The summed E-state index contributed by atoms with van der Waals surface area (Å²) >= 11 is 0. The molecule has 0 spiro atoms. The third-order valence-electron chi connectivity index (χ3n) is 4.82. The van der Waals surface area contributed by atoms with Crippen molar-refractivity contribution < 1.29 is 14.3 Å². The smallest absolute Gasteiger partial charge is 0.410 e. The van der Waals surface area contributed by atoms with Crippen molar-refractivity contribution in [3.8, 4) is 11.8 Å². The van der Waals surface area contributed by atoms with Crippen LogP contribution in [0, 0.1) is 23.7 Å². The van der Waals surface area contributed by atoms with Crippen molar-refractivity contribution in [3.63, 3.8) is 0 Å². The van der Waals surface area contributed by atoms with E-state index in [9.17, 15) is 9.59 Å². The second-order valence-corrected chi connectivity index (χ2v) is 6.25. The molecule has 1 saturated carbocycles. The molecule has 0 aromatic carbocycles. The van der Waals surface area contributed by atoms with Gasteiger partial charge in [0.1, 0.15) is 0 Å². The molecular formula is C17H27N3O3. The largest absolute Gasteiger partial charge is 0.436 e. The van der Waals surface area contributed by atoms with E-state index >= 15 is 0 Å². The highest BCUT2D eigenvalue weighted by Crippen LogP contribution is 2.29. The molecule has 0 bridgehead atoms. The number of piperazine rings is 1. The minimum Gasteiger partial charge on any atom is -0.436 e. The second kappa shape index (κ2) is 8.78. The Labute approximate surface area is 138 Å². The van der Waals surface area contributed by atoms with E-state index in [1.54, 1.807) is 11.8 Å². The molecule has 2 aliphatic rings. The molecule has 0 aromatic heterocycles. The maximum atomic E-state index is 12.6. The summed E-state index contributed by atoms with van der Waals surface area (Å²) in [5, 5.41) is 0. The normalized spacial score (nSPS) is 24.6. The number of hydrogen-bond donors (Lipinski definition) is 1. The lowest BCUT2D eigenvalue weighted by atomic mass is 9.81. The fourth-order valence-corrected chi connectivity index (χ4v) is 3.27. The molecular weight excluding hydrogens is 294 g/mol. The van der Waals surface area contributed by atoms with Gasteiger partial charge in [0.05, 0.1) is 0 Å². The van der Waals surface area contributed by atoms with Crippen LogP contribution in [0.15, 0.2) is 0 Å². The summed E-state index contributed by atoms with van der Waals surface area (Å²) < 4.78 is 5.06. The van der Waals surface area contributed by atoms with Crippen molar-refractivity contribution in [2.24, 2.45) is 17.6 Å². The average Bonchev–Trinajstić information content (AvgIpc) is 2.61. The summed E-state index contributed by atoms with van der Waals surface area (Å²) in [6.45, 7) is 4.79. The quantitative estimate of drug-likeness (QED) is 0.789. The number of hydrogen-bond acceptors (Lipinski definition) is 4. The summed E-state index contributed by atoms with van der Waals surface area (Å²) in [6.07, 6.45) is 3.65. The highest BCUT2D eigenvalue weighted by atomic mass is 16.6. The summed E-state index contributed by atoms with van der Waals surface area (Å²) in [4.78, 5) is 28.0. The van der Waals surface area contributed by atoms with Crippen LogP contribution in [0.3, 0.4) is 0 Å². The van der Waals surface area contributed by atoms with E-state index in [0.717, 1.165) is 32.2 Å². The fourth-order valence-electron chi connectivity index (χ4n) is 3.27. The standard InChI is InChI=1S/C17H27N3O3/c1-2-3-12-23-17(22)20-10-8-19(9-11-20)16(21)15-6-4-14(13-18)5-7-15/h14-15H,4-13,18H2,1H3. The lowest BCUT2D eigenvalue weighted by molar-refractivity contribution is -0.138. The van der Waals surface area contributed by atoms with Gasteiger partial charge in [0.2, 0.25) is 5.91 Å². The first-order valence-corrected chi connectivity index (χ1v) is 8.45. The molecule has 2 N–H and O–H groups in total. The number of carbonyl (C=O) groups is 2. The monoisotopic (exact) mass is 321 g/mol. The molecule has 6 heteroatoms. The van der Waals surface area contributed by atoms with Gasteiger partial charge in [-0.15, -0.1) is 5.92 Å².